The maximum absolute atomic E-state index is 12.9. The molecule has 0 radical (unpaired) electrons. The van der Waals surface area contributed by atoms with E-state index in [0.717, 1.165) is 17.1 Å². The number of carbonyl (C=O) groups is 4. The molecule has 2 aliphatic heterocycles. The molecule has 1 saturated heterocycles. The number of carbonyl (C=O) groups excluding carboxylic acids is 4. The van der Waals surface area contributed by atoms with Gasteiger partial charge in [-0.25, -0.2) is 0 Å². The fourth-order valence-electron chi connectivity index (χ4n) is 4.73. The summed E-state index contributed by atoms with van der Waals surface area (Å²) in [5.74, 6) is -1.45. The van der Waals surface area contributed by atoms with E-state index in [1.54, 1.807) is 24.3 Å². The number of aliphatic hydroxyl groups is 3. The largest absolute Gasteiger partial charge is 0.394 e. The first-order chi connectivity index (χ1) is 18.2. The van der Waals surface area contributed by atoms with Crippen LogP contribution in [0.15, 0.2) is 36.4 Å². The van der Waals surface area contributed by atoms with Crippen LogP contribution in [0.4, 0.5) is 0 Å². The van der Waals surface area contributed by atoms with Crippen molar-refractivity contribution in [2.45, 2.75) is 49.6 Å². The smallest absolute Gasteiger partial charge is 0.261 e. The minimum absolute atomic E-state index is 0.0500. The SMILES string of the molecule is CC(=O)N[C@@H]1[C@@H](O)[C@H](O)[C@@H](CO)O[C@H]1SCC(=O)NCCCCN1C(=O)c2cccc3cccc(c23)C1=O. The fourth-order valence-corrected chi connectivity index (χ4v) is 5.80. The van der Waals surface area contributed by atoms with Gasteiger partial charge in [-0.15, -0.1) is 11.8 Å². The number of amides is 4. The molecule has 0 bridgehead atoms. The Balaban J connectivity index is 1.23. The van der Waals surface area contributed by atoms with Crippen LogP contribution in [0.2, 0.25) is 0 Å². The lowest BCUT2D eigenvalue weighted by atomic mass is 9.94. The molecule has 5 atom stereocenters. The van der Waals surface area contributed by atoms with Crippen molar-refractivity contribution >= 4 is 46.2 Å². The molecule has 0 spiro atoms. The van der Waals surface area contributed by atoms with Crippen LogP contribution in [0.5, 0.6) is 0 Å². The van der Waals surface area contributed by atoms with Gasteiger partial charge in [0, 0.05) is 36.5 Å². The summed E-state index contributed by atoms with van der Waals surface area (Å²) >= 11 is 1.03. The summed E-state index contributed by atoms with van der Waals surface area (Å²) in [5.41, 5.74) is 0.154. The predicted molar refractivity (Wildman–Crippen MR) is 139 cm³/mol. The zero-order valence-electron chi connectivity index (χ0n) is 20.8. The van der Waals surface area contributed by atoms with Crippen molar-refractivity contribution in [1.29, 1.82) is 0 Å². The second-order valence-corrected chi connectivity index (χ2v) is 10.4. The topological polar surface area (TPSA) is 166 Å². The van der Waals surface area contributed by atoms with E-state index in [9.17, 15) is 34.5 Å². The molecule has 0 aromatic heterocycles. The van der Waals surface area contributed by atoms with E-state index < -0.39 is 42.3 Å². The van der Waals surface area contributed by atoms with Gasteiger partial charge in [0.15, 0.2) is 0 Å². The van der Waals surface area contributed by atoms with Crippen LogP contribution in [0.25, 0.3) is 10.8 Å². The Bertz CT molecular complexity index is 1170. The van der Waals surface area contributed by atoms with Gasteiger partial charge in [0.25, 0.3) is 11.8 Å². The average molecular weight is 546 g/mol. The van der Waals surface area contributed by atoms with Crippen molar-refractivity contribution in [2.24, 2.45) is 0 Å². The number of aliphatic hydroxyl groups excluding tert-OH is 3. The zero-order valence-corrected chi connectivity index (χ0v) is 21.6. The van der Waals surface area contributed by atoms with Crippen LogP contribution < -0.4 is 10.6 Å². The Morgan fingerprint density at radius 3 is 2.29 bits per heavy atom. The van der Waals surface area contributed by atoms with E-state index in [1.165, 1.54) is 11.8 Å². The standard InChI is InChI=1S/C26H31N3O8S/c1-14(31)28-21-23(34)22(33)18(12-30)37-26(21)38-13-19(32)27-10-2-3-11-29-24(35)16-8-4-6-15-7-5-9-17(20(15)16)25(29)36/h4-9,18,21-23,26,30,33-34H,2-3,10-13H2,1H3,(H,27,32)(H,28,31)/t18-,21-,22-,23-,26+/m1/s1. The molecule has 2 aromatic carbocycles. The van der Waals surface area contributed by atoms with Gasteiger partial charge in [0.1, 0.15) is 23.7 Å². The van der Waals surface area contributed by atoms with Crippen LogP contribution in [-0.4, -0.2) is 99.1 Å². The summed E-state index contributed by atoms with van der Waals surface area (Å²) < 4.78 is 5.60. The number of benzene rings is 2. The Morgan fingerprint density at radius 2 is 1.68 bits per heavy atom. The molecule has 0 aliphatic carbocycles. The number of unbranched alkanes of at least 4 members (excludes halogenated alkanes) is 1. The highest BCUT2D eigenvalue weighted by Crippen LogP contribution is 2.30. The number of imide groups is 1. The molecule has 4 rings (SSSR count). The number of rotatable bonds is 10. The lowest BCUT2D eigenvalue weighted by Crippen LogP contribution is -2.63. The summed E-state index contributed by atoms with van der Waals surface area (Å²) in [6.07, 6.45) is -2.77. The van der Waals surface area contributed by atoms with Crippen molar-refractivity contribution in [3.8, 4) is 0 Å². The first kappa shape index (κ1) is 28.0. The predicted octanol–water partition coefficient (Wildman–Crippen LogP) is 0.00910. The molecular weight excluding hydrogens is 514 g/mol. The van der Waals surface area contributed by atoms with E-state index in [-0.39, 0.29) is 30.0 Å². The Labute approximate surface area is 223 Å². The van der Waals surface area contributed by atoms with E-state index in [0.29, 0.717) is 35.9 Å². The molecule has 4 amide bonds. The molecule has 0 unspecified atom stereocenters. The van der Waals surface area contributed by atoms with Crippen molar-refractivity contribution in [3.05, 3.63) is 47.5 Å². The highest BCUT2D eigenvalue weighted by Gasteiger charge is 2.45. The molecule has 2 aliphatic rings. The monoisotopic (exact) mass is 545 g/mol. The van der Waals surface area contributed by atoms with E-state index in [1.807, 2.05) is 12.1 Å². The summed E-state index contributed by atoms with van der Waals surface area (Å²) in [6.45, 7) is 1.28. The Kier molecular flexibility index (Phi) is 9.00. The summed E-state index contributed by atoms with van der Waals surface area (Å²) in [7, 11) is 0. The average Bonchev–Trinajstić information content (AvgIpc) is 2.90. The summed E-state index contributed by atoms with van der Waals surface area (Å²) in [6, 6.07) is 9.82. The Morgan fingerprint density at radius 1 is 1.03 bits per heavy atom. The number of ether oxygens (including phenoxy) is 1. The third-order valence-corrected chi connectivity index (χ3v) is 7.78. The Hall–Kier alpha value is -3.03. The van der Waals surface area contributed by atoms with Gasteiger partial charge in [0.2, 0.25) is 11.8 Å². The third kappa shape index (κ3) is 5.84. The van der Waals surface area contributed by atoms with Crippen LogP contribution in [0.3, 0.4) is 0 Å². The molecule has 1 fully saturated rings. The van der Waals surface area contributed by atoms with Crippen LogP contribution >= 0.6 is 11.8 Å². The molecule has 2 aromatic rings. The second-order valence-electron chi connectivity index (χ2n) is 9.27. The number of nitrogens with zero attached hydrogens (tertiary/aromatic N) is 1. The van der Waals surface area contributed by atoms with Gasteiger partial charge in [-0.1, -0.05) is 24.3 Å². The second kappa shape index (κ2) is 12.2. The maximum Gasteiger partial charge on any atom is 0.261 e. The zero-order chi connectivity index (χ0) is 27.4. The molecule has 204 valence electrons. The molecule has 12 heteroatoms. The number of hydrogen-bond acceptors (Lipinski definition) is 9. The van der Waals surface area contributed by atoms with Gasteiger partial charge in [-0.05, 0) is 30.4 Å². The summed E-state index contributed by atoms with van der Waals surface area (Å²) in [5, 5.41) is 36.6. The van der Waals surface area contributed by atoms with Gasteiger partial charge >= 0.3 is 0 Å². The van der Waals surface area contributed by atoms with E-state index >= 15 is 0 Å². The van der Waals surface area contributed by atoms with Crippen molar-refractivity contribution in [3.63, 3.8) is 0 Å². The molecule has 5 N–H and O–H groups in total. The first-order valence-corrected chi connectivity index (χ1v) is 13.4. The van der Waals surface area contributed by atoms with E-state index in [4.69, 9.17) is 4.74 Å². The van der Waals surface area contributed by atoms with Crippen LogP contribution in [0, 0.1) is 0 Å². The third-order valence-electron chi connectivity index (χ3n) is 6.62. The summed E-state index contributed by atoms with van der Waals surface area (Å²) in [4.78, 5) is 51.0. The molecule has 0 saturated carbocycles. The van der Waals surface area contributed by atoms with Gasteiger partial charge in [-0.3, -0.25) is 24.1 Å². The lowest BCUT2D eigenvalue weighted by molar-refractivity contribution is -0.173. The van der Waals surface area contributed by atoms with Crippen molar-refractivity contribution < 1.29 is 39.2 Å². The first-order valence-electron chi connectivity index (χ1n) is 12.4. The quantitative estimate of drug-likeness (QED) is 0.204. The van der Waals surface area contributed by atoms with Gasteiger partial charge < -0.3 is 30.7 Å². The fraction of sp³-hybridized carbons (Fsp3) is 0.462. The van der Waals surface area contributed by atoms with Crippen LogP contribution in [0.1, 0.15) is 40.5 Å². The van der Waals surface area contributed by atoms with Gasteiger partial charge in [-0.2, -0.15) is 0 Å². The van der Waals surface area contributed by atoms with Gasteiger partial charge in [0.05, 0.1) is 18.4 Å². The molecule has 38 heavy (non-hydrogen) atoms. The maximum atomic E-state index is 12.9. The van der Waals surface area contributed by atoms with E-state index in [2.05, 4.69) is 10.6 Å². The van der Waals surface area contributed by atoms with Crippen LogP contribution in [-0.2, 0) is 14.3 Å². The molecular formula is C26H31N3O8S. The highest BCUT2D eigenvalue weighted by atomic mass is 32.2. The van der Waals surface area contributed by atoms with Crippen molar-refractivity contribution in [1.82, 2.24) is 15.5 Å². The minimum Gasteiger partial charge on any atom is -0.394 e. The number of hydrogen-bond donors (Lipinski definition) is 5. The number of thioether (sulfide) groups is 1. The highest BCUT2D eigenvalue weighted by molar-refractivity contribution is 8.00. The minimum atomic E-state index is -1.39. The van der Waals surface area contributed by atoms with Crippen molar-refractivity contribution in [2.75, 3.05) is 25.4 Å². The molecule has 11 nitrogen and oxygen atoms in total. The lowest BCUT2D eigenvalue weighted by Gasteiger charge is -2.42. The number of nitrogens with one attached hydrogen (secondary N) is 2. The normalized spacial score (nSPS) is 24.9. The molecule has 2 heterocycles.